The van der Waals surface area contributed by atoms with Gasteiger partial charge in [-0.15, -0.1) is 0 Å². The lowest BCUT2D eigenvalue weighted by Crippen LogP contribution is -2.46. The largest absolute Gasteiger partial charge is 0.431 e. The molecule has 1 aliphatic rings. The molecule has 0 aliphatic carbocycles. The number of hydrogen-bond donors (Lipinski definition) is 0. The molecule has 0 N–H and O–H groups in total. The summed E-state index contributed by atoms with van der Waals surface area (Å²) in [5, 5.41) is 0. The molecular weight excluding hydrogens is 238 g/mol. The van der Waals surface area contributed by atoms with Crippen LogP contribution in [0.5, 0.6) is 0 Å². The fraction of sp³-hybridized carbons (Fsp3) is 0.857. The van der Waals surface area contributed by atoms with Crippen LogP contribution in [-0.4, -0.2) is 22.2 Å². The fourth-order valence-electron chi connectivity index (χ4n) is 0.889. The van der Waals surface area contributed by atoms with Crippen molar-refractivity contribution in [2.45, 2.75) is 30.0 Å². The lowest BCUT2D eigenvalue weighted by atomic mass is 10.1. The first-order chi connectivity index (χ1) is 5.82. The van der Waals surface area contributed by atoms with Crippen LogP contribution in [0.15, 0.2) is 0 Å². The van der Waals surface area contributed by atoms with Crippen LogP contribution in [0.3, 0.4) is 0 Å². The summed E-state index contributed by atoms with van der Waals surface area (Å²) in [5.74, 6) is -0.737. The van der Waals surface area contributed by atoms with E-state index in [0.29, 0.717) is 0 Å². The quantitative estimate of drug-likeness (QED) is 0.487. The minimum absolute atomic E-state index is 0.304. The Morgan fingerprint density at radius 2 is 1.85 bits per heavy atom. The number of hydrogen-bond acceptors (Lipinski definition) is 3. The first kappa shape index (κ1) is 11.4. The van der Waals surface area contributed by atoms with Gasteiger partial charge in [-0.05, 0) is 13.8 Å². The lowest BCUT2D eigenvalue weighted by molar-refractivity contribution is -0.223. The van der Waals surface area contributed by atoms with Crippen LogP contribution >= 0.6 is 34.8 Å². The molecule has 1 rings (SSSR count). The van der Waals surface area contributed by atoms with Crippen LogP contribution in [0.2, 0.25) is 0 Å². The zero-order valence-corrected chi connectivity index (χ0v) is 9.36. The van der Waals surface area contributed by atoms with E-state index in [9.17, 15) is 4.79 Å². The Morgan fingerprint density at radius 3 is 2.23 bits per heavy atom. The molecule has 0 aromatic rings. The van der Waals surface area contributed by atoms with Gasteiger partial charge in [-0.2, -0.15) is 0 Å². The molecule has 3 atom stereocenters. The van der Waals surface area contributed by atoms with Gasteiger partial charge in [0.1, 0.15) is 0 Å². The molecule has 1 aliphatic heterocycles. The van der Waals surface area contributed by atoms with Gasteiger partial charge in [0.25, 0.3) is 10.1 Å². The summed E-state index contributed by atoms with van der Waals surface area (Å²) in [7, 11) is 0. The van der Waals surface area contributed by atoms with Crippen molar-refractivity contribution in [3.8, 4) is 0 Å². The van der Waals surface area contributed by atoms with Gasteiger partial charge in [0, 0.05) is 0 Å². The predicted molar refractivity (Wildman–Crippen MR) is 49.9 cm³/mol. The number of carbonyl (C=O) groups is 1. The van der Waals surface area contributed by atoms with E-state index in [4.69, 9.17) is 44.3 Å². The number of halogens is 3. The van der Waals surface area contributed by atoms with Gasteiger partial charge in [0.2, 0.25) is 0 Å². The van der Waals surface area contributed by atoms with E-state index in [1.54, 1.807) is 13.8 Å². The molecule has 0 spiro atoms. The molecule has 0 aromatic heterocycles. The van der Waals surface area contributed by atoms with Crippen molar-refractivity contribution in [1.29, 1.82) is 0 Å². The van der Waals surface area contributed by atoms with Gasteiger partial charge in [-0.3, -0.25) is 4.79 Å². The highest BCUT2D eigenvalue weighted by molar-refractivity contribution is 6.68. The molecule has 1 fully saturated rings. The van der Waals surface area contributed by atoms with Crippen molar-refractivity contribution >= 4 is 40.8 Å². The maximum absolute atomic E-state index is 11.2. The minimum atomic E-state index is -1.73. The van der Waals surface area contributed by atoms with Crippen molar-refractivity contribution in [1.82, 2.24) is 0 Å². The van der Waals surface area contributed by atoms with Gasteiger partial charge >= 0.3 is 5.97 Å². The molecule has 3 nitrogen and oxygen atoms in total. The average molecular weight is 248 g/mol. The Kier molecular flexibility index (Phi) is 3.33. The summed E-state index contributed by atoms with van der Waals surface area (Å²) in [6, 6.07) is 0. The third-order valence-electron chi connectivity index (χ3n) is 1.90. The predicted octanol–water partition coefficient (Wildman–Crippen LogP) is 2.28. The van der Waals surface area contributed by atoms with E-state index < -0.39 is 16.1 Å². The maximum atomic E-state index is 11.2. The smallest absolute Gasteiger partial charge is 0.313 e. The van der Waals surface area contributed by atoms with Crippen LogP contribution in [0.4, 0.5) is 0 Å². The van der Waals surface area contributed by atoms with Gasteiger partial charge in [0.05, 0.1) is 12.0 Å². The molecule has 6 heteroatoms. The zero-order chi connectivity index (χ0) is 10.2. The number of rotatable bonds is 0. The number of alkyl halides is 3. The van der Waals surface area contributed by atoms with Crippen molar-refractivity contribution in [3.05, 3.63) is 0 Å². The maximum Gasteiger partial charge on any atom is 0.313 e. The van der Waals surface area contributed by atoms with E-state index >= 15 is 0 Å². The molecule has 1 heterocycles. The Balaban J connectivity index is 2.69. The normalized spacial score (nSPS) is 35.8. The molecular formula is C7H9Cl3O3. The molecule has 0 unspecified atom stereocenters. The average Bonchev–Trinajstić information content (AvgIpc) is 1.97. The number of carbonyl (C=O) groups excluding carboxylic acids is 1. The summed E-state index contributed by atoms with van der Waals surface area (Å²) in [6.45, 7) is 3.43. The monoisotopic (exact) mass is 246 g/mol. The SMILES string of the molecule is C[C@@H]1C(=O)O[C@H](C(Cl)(Cl)Cl)O[C@@H]1C. The van der Waals surface area contributed by atoms with E-state index in [-0.39, 0.29) is 12.0 Å². The van der Waals surface area contributed by atoms with Crippen LogP contribution in [0.25, 0.3) is 0 Å². The molecule has 0 bridgehead atoms. The van der Waals surface area contributed by atoms with Gasteiger partial charge in [0.15, 0.2) is 0 Å². The first-order valence-corrected chi connectivity index (χ1v) is 4.88. The van der Waals surface area contributed by atoms with E-state index in [2.05, 4.69) is 0 Å². The van der Waals surface area contributed by atoms with Gasteiger partial charge in [-0.1, -0.05) is 34.8 Å². The summed E-state index contributed by atoms with van der Waals surface area (Å²) in [6.07, 6.45) is -1.42. The topological polar surface area (TPSA) is 35.5 Å². The molecule has 76 valence electrons. The van der Waals surface area contributed by atoms with Crippen LogP contribution in [0.1, 0.15) is 13.8 Å². The van der Waals surface area contributed by atoms with Crippen molar-refractivity contribution in [2.24, 2.45) is 5.92 Å². The van der Waals surface area contributed by atoms with Crippen molar-refractivity contribution < 1.29 is 14.3 Å². The Labute approximate surface area is 91.2 Å². The van der Waals surface area contributed by atoms with Crippen LogP contribution < -0.4 is 0 Å². The lowest BCUT2D eigenvalue weighted by Gasteiger charge is -2.34. The highest BCUT2D eigenvalue weighted by Gasteiger charge is 2.44. The molecule has 13 heavy (non-hydrogen) atoms. The minimum Gasteiger partial charge on any atom is -0.431 e. The second-order valence-electron chi connectivity index (χ2n) is 2.94. The molecule has 1 saturated heterocycles. The third kappa shape index (κ3) is 2.62. The number of cyclic esters (lactones) is 1. The molecule has 0 saturated carbocycles. The highest BCUT2D eigenvalue weighted by atomic mass is 35.6. The summed E-state index contributed by atoms with van der Waals surface area (Å²) < 4.78 is 8.24. The zero-order valence-electron chi connectivity index (χ0n) is 7.09. The first-order valence-electron chi connectivity index (χ1n) is 3.75. The van der Waals surface area contributed by atoms with Gasteiger partial charge < -0.3 is 9.47 Å². The van der Waals surface area contributed by atoms with Crippen LogP contribution in [-0.2, 0) is 14.3 Å². The van der Waals surface area contributed by atoms with E-state index in [0.717, 1.165) is 0 Å². The highest BCUT2D eigenvalue weighted by Crippen LogP contribution is 2.36. The summed E-state index contributed by atoms with van der Waals surface area (Å²) in [5.41, 5.74) is 0. The Bertz CT molecular complexity index is 214. The molecule has 0 aromatic carbocycles. The standard InChI is InChI=1S/C7H9Cl3O3/c1-3-4(2)12-6(7(8,9)10)13-5(3)11/h3-4,6H,1-2H3/t3-,4+,6+/m0/s1. The van der Waals surface area contributed by atoms with E-state index in [1.807, 2.05) is 0 Å². The summed E-state index contributed by atoms with van der Waals surface area (Å²) in [4.78, 5) is 11.2. The third-order valence-corrected chi connectivity index (χ3v) is 2.44. The molecule has 0 amide bonds. The Morgan fingerprint density at radius 1 is 1.31 bits per heavy atom. The fourth-order valence-corrected chi connectivity index (χ4v) is 1.18. The second-order valence-corrected chi connectivity index (χ2v) is 5.31. The van der Waals surface area contributed by atoms with Crippen LogP contribution in [0, 0.1) is 5.92 Å². The molecule has 0 radical (unpaired) electrons. The summed E-state index contributed by atoms with van der Waals surface area (Å²) >= 11 is 16.6. The number of ether oxygens (including phenoxy) is 2. The Hall–Kier alpha value is 0.300. The van der Waals surface area contributed by atoms with Gasteiger partial charge in [-0.25, -0.2) is 0 Å². The van der Waals surface area contributed by atoms with E-state index in [1.165, 1.54) is 0 Å². The van der Waals surface area contributed by atoms with Crippen molar-refractivity contribution in [2.75, 3.05) is 0 Å². The van der Waals surface area contributed by atoms with Crippen molar-refractivity contribution in [3.63, 3.8) is 0 Å². The second kappa shape index (κ2) is 3.81. The number of esters is 1.